The Kier molecular flexibility index (Phi) is 60.9. The van der Waals surface area contributed by atoms with Crippen LogP contribution in [0.3, 0.4) is 0 Å². The zero-order chi connectivity index (χ0) is 53.4. The summed E-state index contributed by atoms with van der Waals surface area (Å²) in [5, 5.41) is 9.68. The number of esters is 2. The quantitative estimate of drug-likeness (QED) is 0.0373. The predicted molar refractivity (Wildman–Crippen MR) is 325 cm³/mol. The van der Waals surface area contributed by atoms with Crippen LogP contribution in [0.15, 0.2) is 109 Å². The Hall–Kier alpha value is -3.44. The molecule has 5 heteroatoms. The fourth-order valence-corrected chi connectivity index (χ4v) is 8.93. The number of hydrogen-bond acceptors (Lipinski definition) is 5. The van der Waals surface area contributed by atoms with Gasteiger partial charge >= 0.3 is 11.9 Å². The molecule has 0 rings (SSSR count). The summed E-state index contributed by atoms with van der Waals surface area (Å²) in [6.07, 6.45) is 92.3. The largest absolute Gasteiger partial charge is 0.462 e. The second-order valence-corrected chi connectivity index (χ2v) is 20.7. The molecule has 0 aliphatic heterocycles. The van der Waals surface area contributed by atoms with E-state index in [1.807, 2.05) is 0 Å². The van der Waals surface area contributed by atoms with Crippen LogP contribution in [0.25, 0.3) is 0 Å². The third-order valence-electron chi connectivity index (χ3n) is 13.6. The van der Waals surface area contributed by atoms with Gasteiger partial charge < -0.3 is 14.6 Å². The van der Waals surface area contributed by atoms with Gasteiger partial charge in [-0.15, -0.1) is 0 Å². The highest BCUT2D eigenvalue weighted by Crippen LogP contribution is 2.17. The van der Waals surface area contributed by atoms with Gasteiger partial charge in [-0.2, -0.15) is 0 Å². The highest BCUT2D eigenvalue weighted by atomic mass is 16.6. The van der Waals surface area contributed by atoms with Crippen LogP contribution < -0.4 is 0 Å². The van der Waals surface area contributed by atoms with Gasteiger partial charge in [0.05, 0.1) is 6.61 Å². The molecule has 0 aromatic rings. The van der Waals surface area contributed by atoms with Crippen LogP contribution in [0, 0.1) is 0 Å². The molecule has 74 heavy (non-hydrogen) atoms. The molecule has 0 amide bonds. The van der Waals surface area contributed by atoms with E-state index in [1.54, 1.807) is 0 Å². The Labute approximate surface area is 459 Å². The summed E-state index contributed by atoms with van der Waals surface area (Å²) in [5.74, 6) is -0.591. The third-order valence-corrected chi connectivity index (χ3v) is 13.6. The van der Waals surface area contributed by atoms with E-state index < -0.39 is 6.10 Å². The molecule has 0 aromatic heterocycles. The van der Waals surface area contributed by atoms with Crippen molar-refractivity contribution in [2.75, 3.05) is 13.2 Å². The highest BCUT2D eigenvalue weighted by Gasteiger charge is 2.16. The molecular formula is C69H118O5. The molecule has 0 saturated carbocycles. The maximum Gasteiger partial charge on any atom is 0.306 e. The number of carbonyl (C=O) groups is 2. The van der Waals surface area contributed by atoms with Crippen LogP contribution >= 0.6 is 0 Å². The molecular weight excluding hydrogens is 909 g/mol. The summed E-state index contributed by atoms with van der Waals surface area (Å²) in [6, 6.07) is 0. The summed E-state index contributed by atoms with van der Waals surface area (Å²) in [7, 11) is 0. The number of ether oxygens (including phenoxy) is 2. The zero-order valence-corrected chi connectivity index (χ0v) is 48.6. The minimum atomic E-state index is -0.781. The zero-order valence-electron chi connectivity index (χ0n) is 48.6. The van der Waals surface area contributed by atoms with Gasteiger partial charge in [0.1, 0.15) is 6.61 Å². The first kappa shape index (κ1) is 70.6. The van der Waals surface area contributed by atoms with E-state index in [0.717, 1.165) is 96.3 Å². The van der Waals surface area contributed by atoms with Gasteiger partial charge in [0, 0.05) is 12.8 Å². The predicted octanol–water partition coefficient (Wildman–Crippen LogP) is 21.6. The number of aliphatic hydroxyl groups is 1. The molecule has 5 nitrogen and oxygen atoms in total. The molecule has 0 aliphatic rings. The molecule has 0 aliphatic carbocycles. The maximum absolute atomic E-state index is 12.3. The second kappa shape index (κ2) is 63.8. The third kappa shape index (κ3) is 61.1. The van der Waals surface area contributed by atoms with Gasteiger partial charge in [-0.25, -0.2) is 0 Å². The monoisotopic (exact) mass is 1030 g/mol. The van der Waals surface area contributed by atoms with Crippen molar-refractivity contribution in [2.24, 2.45) is 0 Å². The topological polar surface area (TPSA) is 72.8 Å². The Morgan fingerprint density at radius 1 is 0.311 bits per heavy atom. The molecule has 1 unspecified atom stereocenters. The molecule has 0 fully saturated rings. The van der Waals surface area contributed by atoms with E-state index in [2.05, 4.69) is 123 Å². The van der Waals surface area contributed by atoms with E-state index in [1.165, 1.54) is 173 Å². The van der Waals surface area contributed by atoms with E-state index in [4.69, 9.17) is 9.47 Å². The van der Waals surface area contributed by atoms with Gasteiger partial charge in [-0.05, 0) is 96.3 Å². The normalized spacial score (nSPS) is 13.0. The molecule has 0 radical (unpaired) electrons. The standard InChI is InChI=1S/C69H118O5/c1-3-5-7-9-11-13-15-17-19-21-23-25-27-29-30-31-32-33-34-35-36-37-38-40-41-43-45-47-49-51-53-55-57-59-61-63-68(71)73-66-67(65-70)74-69(72)64-62-60-58-56-54-52-50-48-46-44-42-39-28-26-24-22-20-18-16-14-12-10-8-6-4-2/h5-8,11-14,17-20,23-26,39,42,67,70H,3-4,9-10,15-16,21-22,27-38,40-41,43-66H2,1-2H3/b7-5-,8-6-,13-11-,14-12-,19-17-,20-18-,25-23-,26-24-,42-39-. The SMILES string of the molecule is CC/C=C\C/C=C\C/C=C\C/C=C\C/C=C\CCCCCCCCCCCC(=O)OC(CO)COC(=O)CCCCCCCCCCCCCCCCCCCCCCCC/C=C\C/C=C\C/C=C\C/C=C\CC. The lowest BCUT2D eigenvalue weighted by Gasteiger charge is -2.15. The molecule has 0 saturated heterocycles. The number of carbonyl (C=O) groups excluding carboxylic acids is 2. The number of aliphatic hydroxyl groups excluding tert-OH is 1. The lowest BCUT2D eigenvalue weighted by molar-refractivity contribution is -0.161. The van der Waals surface area contributed by atoms with Gasteiger partial charge in [0.25, 0.3) is 0 Å². The van der Waals surface area contributed by atoms with Crippen molar-refractivity contribution < 1.29 is 24.2 Å². The van der Waals surface area contributed by atoms with E-state index in [9.17, 15) is 14.7 Å². The first-order chi connectivity index (χ1) is 36.6. The molecule has 0 spiro atoms. The van der Waals surface area contributed by atoms with E-state index in [0.29, 0.717) is 12.8 Å². The average molecular weight is 1030 g/mol. The summed E-state index contributed by atoms with van der Waals surface area (Å²) >= 11 is 0. The fraction of sp³-hybridized carbons (Fsp3) is 0.710. The minimum absolute atomic E-state index is 0.0702. The molecule has 0 bridgehead atoms. The van der Waals surface area contributed by atoms with Crippen LogP contribution in [0.5, 0.6) is 0 Å². The maximum atomic E-state index is 12.3. The summed E-state index contributed by atoms with van der Waals surface area (Å²) in [5.41, 5.74) is 0. The Balaban J connectivity index is 3.46. The van der Waals surface area contributed by atoms with Gasteiger partial charge in [0.2, 0.25) is 0 Å². The molecule has 1 N–H and O–H groups in total. The molecule has 0 aromatic carbocycles. The Morgan fingerprint density at radius 3 is 0.811 bits per heavy atom. The minimum Gasteiger partial charge on any atom is -0.462 e. The summed E-state index contributed by atoms with van der Waals surface area (Å²) in [6.45, 7) is 3.93. The lowest BCUT2D eigenvalue weighted by Crippen LogP contribution is -2.28. The summed E-state index contributed by atoms with van der Waals surface area (Å²) < 4.78 is 10.7. The van der Waals surface area contributed by atoms with Crippen molar-refractivity contribution in [1.82, 2.24) is 0 Å². The first-order valence-corrected chi connectivity index (χ1v) is 31.4. The van der Waals surface area contributed by atoms with Crippen LogP contribution in [-0.2, 0) is 19.1 Å². The van der Waals surface area contributed by atoms with Crippen molar-refractivity contribution in [3.8, 4) is 0 Å². The van der Waals surface area contributed by atoms with Crippen LogP contribution in [0.1, 0.15) is 296 Å². The molecule has 424 valence electrons. The smallest absolute Gasteiger partial charge is 0.306 e. The Bertz CT molecular complexity index is 1440. The highest BCUT2D eigenvalue weighted by molar-refractivity contribution is 5.70. The van der Waals surface area contributed by atoms with Crippen LogP contribution in [0.4, 0.5) is 0 Å². The fourth-order valence-electron chi connectivity index (χ4n) is 8.93. The average Bonchev–Trinajstić information content (AvgIpc) is 3.40. The van der Waals surface area contributed by atoms with E-state index >= 15 is 0 Å². The van der Waals surface area contributed by atoms with Gasteiger partial charge in [0.15, 0.2) is 6.10 Å². The molecule has 0 heterocycles. The van der Waals surface area contributed by atoms with Crippen LogP contribution in [-0.4, -0.2) is 36.4 Å². The Morgan fingerprint density at radius 2 is 0.541 bits per heavy atom. The molecule has 1 atom stereocenters. The van der Waals surface area contributed by atoms with Crippen molar-refractivity contribution in [3.05, 3.63) is 109 Å². The van der Waals surface area contributed by atoms with E-state index in [-0.39, 0.29) is 25.2 Å². The first-order valence-electron chi connectivity index (χ1n) is 31.4. The number of hydrogen-bond donors (Lipinski definition) is 1. The van der Waals surface area contributed by atoms with Gasteiger partial charge in [-0.3, -0.25) is 9.59 Å². The van der Waals surface area contributed by atoms with Crippen molar-refractivity contribution >= 4 is 11.9 Å². The van der Waals surface area contributed by atoms with Crippen molar-refractivity contribution in [3.63, 3.8) is 0 Å². The van der Waals surface area contributed by atoms with Crippen molar-refractivity contribution in [1.29, 1.82) is 0 Å². The lowest BCUT2D eigenvalue weighted by atomic mass is 10.0. The second-order valence-electron chi connectivity index (χ2n) is 20.7. The summed E-state index contributed by atoms with van der Waals surface area (Å²) in [4.78, 5) is 24.6. The number of rotatable bonds is 57. The van der Waals surface area contributed by atoms with Gasteiger partial charge in [-0.1, -0.05) is 297 Å². The number of unbranched alkanes of at least 4 members (excludes halogenated alkanes) is 31. The number of allylic oxidation sites excluding steroid dienone is 18. The van der Waals surface area contributed by atoms with Crippen molar-refractivity contribution in [2.45, 2.75) is 302 Å². The van der Waals surface area contributed by atoms with Crippen LogP contribution in [0.2, 0.25) is 0 Å².